The molecule has 0 radical (unpaired) electrons. The fourth-order valence-corrected chi connectivity index (χ4v) is 3.98. The molecular formula is C19H24FN5O2. The maximum absolute atomic E-state index is 14.1. The van der Waals surface area contributed by atoms with Crippen LogP contribution in [0.2, 0.25) is 0 Å². The summed E-state index contributed by atoms with van der Waals surface area (Å²) in [5.41, 5.74) is 1.07. The Bertz CT molecular complexity index is 832. The quantitative estimate of drug-likeness (QED) is 0.866. The number of aromatic amines is 1. The van der Waals surface area contributed by atoms with Crippen LogP contribution in [0.4, 0.5) is 9.18 Å². The van der Waals surface area contributed by atoms with E-state index in [1.807, 2.05) is 24.3 Å². The van der Waals surface area contributed by atoms with Gasteiger partial charge in [-0.3, -0.25) is 9.89 Å². The van der Waals surface area contributed by atoms with Crippen molar-refractivity contribution in [2.45, 2.75) is 37.9 Å². The molecule has 7 nitrogen and oxygen atoms in total. The number of nitrogens with one attached hydrogen (secondary N) is 2. The molecule has 8 heteroatoms. The van der Waals surface area contributed by atoms with Crippen molar-refractivity contribution in [3.63, 3.8) is 0 Å². The van der Waals surface area contributed by atoms with Crippen LogP contribution in [0.3, 0.4) is 0 Å². The van der Waals surface area contributed by atoms with Crippen LogP contribution >= 0.6 is 0 Å². The summed E-state index contributed by atoms with van der Waals surface area (Å²) >= 11 is 0. The lowest BCUT2D eigenvalue weighted by Crippen LogP contribution is -2.48. The van der Waals surface area contributed by atoms with E-state index in [9.17, 15) is 14.0 Å². The monoisotopic (exact) mass is 373 g/mol. The van der Waals surface area contributed by atoms with Crippen molar-refractivity contribution in [3.8, 4) is 0 Å². The number of likely N-dealkylation sites (tertiary alicyclic amines) is 2. The van der Waals surface area contributed by atoms with Crippen LogP contribution in [-0.2, 0) is 0 Å². The van der Waals surface area contributed by atoms with E-state index < -0.39 is 6.17 Å². The highest BCUT2D eigenvalue weighted by molar-refractivity contribution is 6.04. The number of hydrogen-bond donors (Lipinski definition) is 2. The molecule has 1 aromatic heterocycles. The summed E-state index contributed by atoms with van der Waals surface area (Å²) in [6, 6.07) is 6.87. The number of piperidine rings is 1. The van der Waals surface area contributed by atoms with E-state index in [-0.39, 0.29) is 37.5 Å². The molecular weight excluding hydrogens is 349 g/mol. The lowest BCUT2D eigenvalue weighted by molar-refractivity contribution is 0.0723. The van der Waals surface area contributed by atoms with E-state index in [2.05, 4.69) is 15.5 Å². The first kappa shape index (κ1) is 17.8. The number of urea groups is 1. The molecule has 3 heterocycles. The highest BCUT2D eigenvalue weighted by Gasteiger charge is 2.37. The van der Waals surface area contributed by atoms with Crippen molar-refractivity contribution in [2.75, 3.05) is 26.2 Å². The number of carbonyl (C=O) groups excluding carboxylic acids is 2. The largest absolute Gasteiger partial charge is 0.336 e. The number of H-pyrrole nitrogens is 1. The summed E-state index contributed by atoms with van der Waals surface area (Å²) in [6.45, 7) is 1.79. The van der Waals surface area contributed by atoms with Crippen LogP contribution in [0.25, 0.3) is 10.9 Å². The summed E-state index contributed by atoms with van der Waals surface area (Å²) in [6.07, 6.45) is 2.32. The fraction of sp³-hybridized carbons (Fsp3) is 0.526. The summed E-state index contributed by atoms with van der Waals surface area (Å²) in [5, 5.41) is 10.6. The molecule has 27 heavy (non-hydrogen) atoms. The molecule has 0 saturated carbocycles. The SMILES string of the molecule is O=C(NC[C@@H]1C[C@H](F)CN1C(=O)c1n[nH]c2ccccc12)N1CCCCC1. The number of carbonyl (C=O) groups is 2. The van der Waals surface area contributed by atoms with Crippen molar-refractivity contribution in [1.82, 2.24) is 25.3 Å². The van der Waals surface area contributed by atoms with Gasteiger partial charge in [0.25, 0.3) is 5.91 Å². The normalized spacial score (nSPS) is 23.0. The number of hydrogen-bond acceptors (Lipinski definition) is 3. The summed E-state index contributed by atoms with van der Waals surface area (Å²) in [7, 11) is 0. The molecule has 2 atom stereocenters. The first-order valence-corrected chi connectivity index (χ1v) is 9.54. The van der Waals surface area contributed by atoms with Gasteiger partial charge in [-0.2, -0.15) is 5.10 Å². The number of aromatic nitrogens is 2. The Hall–Kier alpha value is -2.64. The maximum atomic E-state index is 14.1. The third kappa shape index (κ3) is 3.61. The van der Waals surface area contributed by atoms with Gasteiger partial charge in [0, 0.05) is 31.4 Å². The lowest BCUT2D eigenvalue weighted by Gasteiger charge is -2.29. The molecule has 2 saturated heterocycles. The van der Waals surface area contributed by atoms with Crippen molar-refractivity contribution in [3.05, 3.63) is 30.0 Å². The third-order valence-electron chi connectivity index (χ3n) is 5.43. The van der Waals surface area contributed by atoms with Gasteiger partial charge in [0.05, 0.1) is 18.1 Å². The zero-order chi connectivity index (χ0) is 18.8. The predicted molar refractivity (Wildman–Crippen MR) is 99.3 cm³/mol. The Morgan fingerprint density at radius 3 is 2.81 bits per heavy atom. The van der Waals surface area contributed by atoms with Gasteiger partial charge < -0.3 is 15.1 Å². The van der Waals surface area contributed by atoms with Gasteiger partial charge in [0.15, 0.2) is 5.69 Å². The molecule has 2 fully saturated rings. The first-order valence-electron chi connectivity index (χ1n) is 9.54. The van der Waals surface area contributed by atoms with Gasteiger partial charge >= 0.3 is 6.03 Å². The predicted octanol–water partition coefficient (Wildman–Crippen LogP) is 2.31. The van der Waals surface area contributed by atoms with E-state index in [0.717, 1.165) is 43.3 Å². The molecule has 0 bridgehead atoms. The van der Waals surface area contributed by atoms with Crippen LogP contribution in [0.5, 0.6) is 0 Å². The minimum Gasteiger partial charge on any atom is -0.336 e. The highest BCUT2D eigenvalue weighted by Crippen LogP contribution is 2.25. The second kappa shape index (κ2) is 7.54. The van der Waals surface area contributed by atoms with E-state index in [1.54, 1.807) is 4.90 Å². The van der Waals surface area contributed by atoms with Crippen LogP contribution in [-0.4, -0.2) is 70.3 Å². The number of fused-ring (bicyclic) bond motifs is 1. The fourth-order valence-electron chi connectivity index (χ4n) is 3.98. The first-order chi connectivity index (χ1) is 13.1. The van der Waals surface area contributed by atoms with Crippen molar-refractivity contribution >= 4 is 22.8 Å². The molecule has 1 aromatic carbocycles. The number of amides is 3. The second-order valence-corrected chi connectivity index (χ2v) is 7.30. The number of benzene rings is 1. The zero-order valence-corrected chi connectivity index (χ0v) is 15.2. The summed E-state index contributed by atoms with van der Waals surface area (Å²) < 4.78 is 14.1. The lowest BCUT2D eigenvalue weighted by atomic mass is 10.1. The molecule has 0 spiro atoms. The Balaban J connectivity index is 1.44. The molecule has 2 aliphatic heterocycles. The minimum absolute atomic E-state index is 0.0320. The Kier molecular flexibility index (Phi) is 4.96. The van der Waals surface area contributed by atoms with Crippen molar-refractivity contribution in [1.29, 1.82) is 0 Å². The van der Waals surface area contributed by atoms with E-state index in [1.165, 1.54) is 4.90 Å². The van der Waals surface area contributed by atoms with Crippen LogP contribution in [0, 0.1) is 0 Å². The highest BCUT2D eigenvalue weighted by atomic mass is 19.1. The molecule has 0 aliphatic carbocycles. The smallest absolute Gasteiger partial charge is 0.317 e. The minimum atomic E-state index is -1.09. The number of nitrogens with zero attached hydrogens (tertiary/aromatic N) is 3. The zero-order valence-electron chi connectivity index (χ0n) is 15.2. The van der Waals surface area contributed by atoms with E-state index >= 15 is 0 Å². The molecule has 4 rings (SSSR count). The van der Waals surface area contributed by atoms with Gasteiger partial charge in [-0.1, -0.05) is 18.2 Å². The van der Waals surface area contributed by atoms with Crippen LogP contribution in [0.15, 0.2) is 24.3 Å². The van der Waals surface area contributed by atoms with E-state index in [4.69, 9.17) is 0 Å². The van der Waals surface area contributed by atoms with Gasteiger partial charge in [0.1, 0.15) is 6.17 Å². The average Bonchev–Trinajstić information content (AvgIpc) is 3.29. The topological polar surface area (TPSA) is 81.3 Å². The molecule has 0 unspecified atom stereocenters. The standard InChI is InChI=1S/C19H24FN5O2/c20-13-10-14(11-21-19(27)24-8-4-1-5-9-24)25(12-13)18(26)17-15-6-2-3-7-16(15)22-23-17/h2-3,6-7,13-14H,1,4-5,8-12H2,(H,21,27)(H,22,23)/t13-,14-/m0/s1. The third-order valence-corrected chi connectivity index (χ3v) is 5.43. The summed E-state index contributed by atoms with van der Waals surface area (Å²) in [4.78, 5) is 28.6. The maximum Gasteiger partial charge on any atom is 0.317 e. The van der Waals surface area contributed by atoms with Gasteiger partial charge in [-0.05, 0) is 25.3 Å². The average molecular weight is 373 g/mol. The number of para-hydroxylation sites is 1. The number of alkyl halides is 1. The van der Waals surface area contributed by atoms with Crippen molar-refractivity contribution in [2.24, 2.45) is 0 Å². The van der Waals surface area contributed by atoms with Gasteiger partial charge in [0.2, 0.25) is 0 Å². The van der Waals surface area contributed by atoms with Gasteiger partial charge in [-0.15, -0.1) is 0 Å². The van der Waals surface area contributed by atoms with E-state index in [0.29, 0.717) is 5.69 Å². The number of rotatable bonds is 3. The Labute approximate surface area is 156 Å². The Morgan fingerprint density at radius 1 is 1.22 bits per heavy atom. The molecule has 2 aromatic rings. The number of halogens is 1. The molecule has 144 valence electrons. The molecule has 3 amide bonds. The van der Waals surface area contributed by atoms with Crippen LogP contribution < -0.4 is 5.32 Å². The molecule has 2 N–H and O–H groups in total. The van der Waals surface area contributed by atoms with Crippen LogP contribution in [0.1, 0.15) is 36.2 Å². The summed E-state index contributed by atoms with van der Waals surface area (Å²) in [5.74, 6) is -0.301. The van der Waals surface area contributed by atoms with Gasteiger partial charge in [-0.25, -0.2) is 9.18 Å². The Morgan fingerprint density at radius 2 is 2.00 bits per heavy atom. The molecule has 2 aliphatic rings. The van der Waals surface area contributed by atoms with Crippen molar-refractivity contribution < 1.29 is 14.0 Å². The second-order valence-electron chi connectivity index (χ2n) is 7.30.